The average molecular weight is 493 g/mol. The molecule has 3 aromatic heterocycles. The van der Waals surface area contributed by atoms with Crippen LogP contribution in [0.5, 0.6) is 0 Å². The molecule has 0 bridgehead atoms. The molecule has 11 nitrogen and oxygen atoms in total. The molecule has 0 aliphatic carbocycles. The van der Waals surface area contributed by atoms with Crippen LogP contribution in [-0.4, -0.2) is 51.9 Å². The first-order valence-electron chi connectivity index (χ1n) is 10.2. The van der Waals surface area contributed by atoms with Gasteiger partial charge >= 0.3 is 0 Å². The Morgan fingerprint density at radius 3 is 2.52 bits per heavy atom. The number of nitrogens with two attached hydrogens (primary N) is 1. The number of nitrogens with one attached hydrogen (secondary N) is 1. The first-order valence-corrected chi connectivity index (χ1v) is 12.5. The third-order valence-electron chi connectivity index (χ3n) is 6.02. The lowest BCUT2D eigenvalue weighted by Crippen LogP contribution is -2.43. The number of rotatable bonds is 5. The number of nitrogens with zero attached hydrogens (tertiary/aromatic N) is 4. The van der Waals surface area contributed by atoms with Gasteiger partial charge in [-0.25, -0.2) is 18.1 Å². The highest BCUT2D eigenvalue weighted by atomic mass is 32.2. The van der Waals surface area contributed by atoms with E-state index in [-0.39, 0.29) is 35.1 Å². The molecule has 0 radical (unpaired) electrons. The van der Waals surface area contributed by atoms with Crippen molar-refractivity contribution in [3.63, 3.8) is 0 Å². The van der Waals surface area contributed by atoms with Crippen molar-refractivity contribution in [2.24, 2.45) is 18.7 Å². The molecule has 1 aliphatic rings. The summed E-state index contributed by atoms with van der Waals surface area (Å²) in [7, 11) is -2.29. The summed E-state index contributed by atoms with van der Waals surface area (Å²) in [5.41, 5.74) is 8.47. The number of primary amides is 1. The van der Waals surface area contributed by atoms with E-state index >= 15 is 0 Å². The lowest BCUT2D eigenvalue weighted by Gasteiger charge is -2.30. The summed E-state index contributed by atoms with van der Waals surface area (Å²) in [4.78, 5) is 42.9. The largest absolute Gasteiger partial charge is 0.364 e. The van der Waals surface area contributed by atoms with E-state index in [9.17, 15) is 22.8 Å². The SMILES string of the molecule is Cc1sc2ncn(NC(=O)C3CCN(S(=O)(=O)c4cc(C(N)=O)n(C)c4)CC3)c(=O)c2c1C. The third kappa shape index (κ3) is 4.07. The van der Waals surface area contributed by atoms with Crippen molar-refractivity contribution in [3.05, 3.63) is 45.1 Å². The molecular formula is C20H24N6O5S2. The number of aromatic nitrogens is 3. The highest BCUT2D eigenvalue weighted by Crippen LogP contribution is 2.26. The molecule has 0 spiro atoms. The molecule has 176 valence electrons. The van der Waals surface area contributed by atoms with E-state index in [0.717, 1.165) is 15.1 Å². The van der Waals surface area contributed by atoms with Gasteiger partial charge in [-0.1, -0.05) is 0 Å². The van der Waals surface area contributed by atoms with Crippen LogP contribution >= 0.6 is 11.3 Å². The van der Waals surface area contributed by atoms with E-state index in [1.807, 2.05) is 13.8 Å². The van der Waals surface area contributed by atoms with Gasteiger partial charge in [0.25, 0.3) is 11.5 Å². The number of hydrogen-bond acceptors (Lipinski definition) is 7. The number of carbonyl (C=O) groups excluding carboxylic acids is 2. The van der Waals surface area contributed by atoms with Gasteiger partial charge in [0.05, 0.1) is 5.39 Å². The predicted octanol–water partition coefficient (Wildman–Crippen LogP) is 0.683. The zero-order valence-electron chi connectivity index (χ0n) is 18.4. The zero-order valence-corrected chi connectivity index (χ0v) is 20.0. The van der Waals surface area contributed by atoms with Crippen LogP contribution in [0.15, 0.2) is 28.3 Å². The van der Waals surface area contributed by atoms with Crippen LogP contribution in [0.3, 0.4) is 0 Å². The quantitative estimate of drug-likeness (QED) is 0.535. The van der Waals surface area contributed by atoms with Crippen LogP contribution < -0.4 is 16.7 Å². The van der Waals surface area contributed by atoms with Crippen molar-refractivity contribution in [1.82, 2.24) is 18.5 Å². The molecule has 33 heavy (non-hydrogen) atoms. The summed E-state index contributed by atoms with van der Waals surface area (Å²) in [5, 5.41) is 0.486. The minimum absolute atomic E-state index is 0.0194. The van der Waals surface area contributed by atoms with E-state index in [0.29, 0.717) is 23.1 Å². The number of aryl methyl sites for hydroxylation is 3. The topological polar surface area (TPSA) is 149 Å². The Hall–Kier alpha value is -3.03. The second-order valence-corrected chi connectivity index (χ2v) is 11.2. The van der Waals surface area contributed by atoms with Crippen molar-refractivity contribution >= 4 is 43.4 Å². The van der Waals surface area contributed by atoms with Gasteiger partial charge < -0.3 is 10.3 Å². The summed E-state index contributed by atoms with van der Waals surface area (Å²) in [5.74, 6) is -1.54. The molecule has 0 atom stereocenters. The minimum atomic E-state index is -3.83. The Labute approximate surface area is 193 Å². The van der Waals surface area contributed by atoms with Gasteiger partial charge in [0.15, 0.2) is 0 Å². The molecule has 3 aromatic rings. The van der Waals surface area contributed by atoms with E-state index in [2.05, 4.69) is 10.4 Å². The first kappa shape index (κ1) is 23.1. The lowest BCUT2D eigenvalue weighted by molar-refractivity contribution is -0.121. The van der Waals surface area contributed by atoms with Gasteiger partial charge in [0, 0.05) is 37.1 Å². The summed E-state index contributed by atoms with van der Waals surface area (Å²) >= 11 is 1.43. The fourth-order valence-electron chi connectivity index (χ4n) is 3.95. The Kier molecular flexibility index (Phi) is 5.88. The van der Waals surface area contributed by atoms with Crippen molar-refractivity contribution in [2.75, 3.05) is 18.5 Å². The molecule has 13 heteroatoms. The number of hydrogen-bond donors (Lipinski definition) is 2. The summed E-state index contributed by atoms with van der Waals surface area (Å²) in [6.45, 7) is 4.03. The Morgan fingerprint density at radius 1 is 1.24 bits per heavy atom. The van der Waals surface area contributed by atoms with E-state index in [4.69, 9.17) is 5.73 Å². The van der Waals surface area contributed by atoms with Crippen LogP contribution in [-0.2, 0) is 21.9 Å². The Balaban J connectivity index is 1.45. The predicted molar refractivity (Wildman–Crippen MR) is 123 cm³/mol. The Bertz CT molecular complexity index is 1430. The maximum absolute atomic E-state index is 13.0. The van der Waals surface area contributed by atoms with Gasteiger partial charge in [0.1, 0.15) is 21.7 Å². The van der Waals surface area contributed by atoms with Crippen molar-refractivity contribution < 1.29 is 18.0 Å². The second kappa shape index (κ2) is 8.39. The fourth-order valence-corrected chi connectivity index (χ4v) is 6.48. The zero-order chi connectivity index (χ0) is 24.1. The van der Waals surface area contributed by atoms with Gasteiger partial charge in [-0.2, -0.15) is 4.31 Å². The van der Waals surface area contributed by atoms with Crippen molar-refractivity contribution in [3.8, 4) is 0 Å². The number of thiophene rings is 1. The summed E-state index contributed by atoms with van der Waals surface area (Å²) in [6.07, 6.45) is 3.23. The van der Waals surface area contributed by atoms with E-state index in [1.165, 1.54) is 38.8 Å². The summed E-state index contributed by atoms with van der Waals surface area (Å²) < 4.78 is 29.6. The molecule has 4 rings (SSSR count). The van der Waals surface area contributed by atoms with Gasteiger partial charge in [-0.05, 0) is 38.3 Å². The molecular weight excluding hydrogens is 468 g/mol. The highest BCUT2D eigenvalue weighted by Gasteiger charge is 2.33. The van der Waals surface area contributed by atoms with Crippen LogP contribution in [0.2, 0.25) is 0 Å². The van der Waals surface area contributed by atoms with Crippen molar-refractivity contribution in [1.29, 1.82) is 0 Å². The van der Waals surface area contributed by atoms with Crippen molar-refractivity contribution in [2.45, 2.75) is 31.6 Å². The van der Waals surface area contributed by atoms with E-state index in [1.54, 1.807) is 7.05 Å². The van der Waals surface area contributed by atoms with Crippen LogP contribution in [0.25, 0.3) is 10.2 Å². The van der Waals surface area contributed by atoms with Crippen LogP contribution in [0.1, 0.15) is 33.8 Å². The van der Waals surface area contributed by atoms with Crippen LogP contribution in [0.4, 0.5) is 0 Å². The van der Waals surface area contributed by atoms with E-state index < -0.39 is 21.8 Å². The fraction of sp³-hybridized carbons (Fsp3) is 0.400. The molecule has 1 saturated heterocycles. The van der Waals surface area contributed by atoms with Gasteiger partial charge in [-0.3, -0.25) is 19.8 Å². The normalized spacial score (nSPS) is 15.7. The minimum Gasteiger partial charge on any atom is -0.364 e. The summed E-state index contributed by atoms with van der Waals surface area (Å²) in [6, 6.07) is 1.25. The lowest BCUT2D eigenvalue weighted by atomic mass is 9.98. The number of amides is 2. The maximum Gasteiger partial charge on any atom is 0.281 e. The van der Waals surface area contributed by atoms with Gasteiger partial charge in [0.2, 0.25) is 15.9 Å². The Morgan fingerprint density at radius 2 is 1.91 bits per heavy atom. The van der Waals surface area contributed by atoms with Gasteiger partial charge in [-0.15, -0.1) is 11.3 Å². The molecule has 4 heterocycles. The standard InChI is InChI=1S/C20H24N6O5S2/c1-11-12(2)32-19-16(11)20(29)26(10-22-19)23-18(28)13-4-6-25(7-5-13)33(30,31)14-8-15(17(21)27)24(3)9-14/h8-10,13H,4-7H2,1-3H3,(H2,21,27)(H,23,28). The number of fused-ring (bicyclic) bond motifs is 1. The number of piperidine rings is 1. The maximum atomic E-state index is 13.0. The molecule has 0 saturated carbocycles. The monoisotopic (exact) mass is 492 g/mol. The average Bonchev–Trinajstić information content (AvgIpc) is 3.31. The first-order chi connectivity index (χ1) is 15.5. The molecule has 1 fully saturated rings. The van der Waals surface area contributed by atoms with Crippen LogP contribution in [0, 0.1) is 19.8 Å². The number of carbonyl (C=O) groups is 2. The molecule has 0 unspecified atom stereocenters. The second-order valence-electron chi connectivity index (χ2n) is 8.07. The smallest absolute Gasteiger partial charge is 0.281 e. The molecule has 1 aliphatic heterocycles. The third-order valence-corrected chi connectivity index (χ3v) is 8.99. The molecule has 0 aromatic carbocycles. The molecule has 3 N–H and O–H groups in total. The molecule has 2 amide bonds. The highest BCUT2D eigenvalue weighted by molar-refractivity contribution is 7.89. The number of sulfonamides is 1.